The number of thioether (sulfide) groups is 4. The summed E-state index contributed by atoms with van der Waals surface area (Å²) >= 11 is 17.2. The van der Waals surface area contributed by atoms with Gasteiger partial charge in [-0.25, -0.2) is 0 Å². The molecule has 1 fully saturated rings. The molecule has 0 aliphatic carbocycles. The van der Waals surface area contributed by atoms with Gasteiger partial charge in [-0.2, -0.15) is 25.3 Å². The van der Waals surface area contributed by atoms with Crippen molar-refractivity contribution in [2.24, 2.45) is 0 Å². The van der Waals surface area contributed by atoms with E-state index in [9.17, 15) is 0 Å². The minimum atomic E-state index is 0.446. The quantitative estimate of drug-likeness (QED) is 0.504. The summed E-state index contributed by atoms with van der Waals surface area (Å²) in [7, 11) is 0. The van der Waals surface area contributed by atoms with Crippen LogP contribution >= 0.6 is 72.3 Å². The van der Waals surface area contributed by atoms with Crippen molar-refractivity contribution in [3.05, 3.63) is 0 Å². The molecule has 0 amide bonds. The molecule has 0 aromatic heterocycles. The monoisotopic (exact) mass is 332 g/mol. The Bertz CT molecular complexity index is 172. The second-order valence-corrected chi connectivity index (χ2v) is 10.1. The zero-order chi connectivity index (χ0) is 11.9. The molecular formula is C10H20S6. The molecule has 0 spiro atoms. The highest BCUT2D eigenvalue weighted by molar-refractivity contribution is 8.26. The molecule has 0 aromatic rings. The van der Waals surface area contributed by atoms with Crippen LogP contribution in [0.2, 0.25) is 0 Å². The van der Waals surface area contributed by atoms with Crippen molar-refractivity contribution < 1.29 is 0 Å². The van der Waals surface area contributed by atoms with E-state index in [1.807, 2.05) is 0 Å². The second kappa shape index (κ2) is 9.08. The van der Waals surface area contributed by atoms with Gasteiger partial charge in [0, 0.05) is 23.0 Å². The SMILES string of the molecule is CCC1(C(SCCS)SCCS)SCCS1. The highest BCUT2D eigenvalue weighted by Gasteiger charge is 2.41. The molecule has 0 aromatic carbocycles. The van der Waals surface area contributed by atoms with Gasteiger partial charge < -0.3 is 0 Å². The fraction of sp³-hybridized carbons (Fsp3) is 1.00. The summed E-state index contributed by atoms with van der Waals surface area (Å²) in [4.78, 5) is 0. The molecule has 1 heterocycles. The summed E-state index contributed by atoms with van der Waals surface area (Å²) in [6, 6.07) is 0. The first-order valence-electron chi connectivity index (χ1n) is 5.52. The number of rotatable bonds is 8. The number of hydrogen-bond donors (Lipinski definition) is 2. The van der Waals surface area contributed by atoms with Gasteiger partial charge in [-0.15, -0.1) is 47.0 Å². The summed E-state index contributed by atoms with van der Waals surface area (Å²) in [5.74, 6) is 6.93. The van der Waals surface area contributed by atoms with Gasteiger partial charge in [0.1, 0.15) is 0 Å². The molecule has 0 saturated carbocycles. The van der Waals surface area contributed by atoms with E-state index in [0.717, 1.165) is 23.0 Å². The minimum absolute atomic E-state index is 0.446. The molecule has 1 aliphatic rings. The molecule has 16 heavy (non-hydrogen) atoms. The second-order valence-electron chi connectivity index (χ2n) is 3.38. The van der Waals surface area contributed by atoms with Crippen LogP contribution in [0.15, 0.2) is 0 Å². The van der Waals surface area contributed by atoms with Gasteiger partial charge in [-0.3, -0.25) is 0 Å². The van der Waals surface area contributed by atoms with Crippen LogP contribution in [0.25, 0.3) is 0 Å². The molecule has 1 rings (SSSR count). The minimum Gasteiger partial charge on any atom is -0.179 e. The van der Waals surface area contributed by atoms with Gasteiger partial charge >= 0.3 is 0 Å². The van der Waals surface area contributed by atoms with E-state index in [4.69, 9.17) is 0 Å². The fourth-order valence-electron chi connectivity index (χ4n) is 1.60. The van der Waals surface area contributed by atoms with E-state index in [1.54, 1.807) is 0 Å². The lowest BCUT2D eigenvalue weighted by Gasteiger charge is -2.34. The summed E-state index contributed by atoms with van der Waals surface area (Å²) in [5, 5.41) is 0. The summed E-state index contributed by atoms with van der Waals surface area (Å²) in [6.45, 7) is 2.33. The van der Waals surface area contributed by atoms with Crippen molar-refractivity contribution in [1.82, 2.24) is 0 Å². The van der Waals surface area contributed by atoms with E-state index in [1.165, 1.54) is 17.9 Å². The molecular weight excluding hydrogens is 313 g/mol. The predicted octanol–water partition coefficient (Wildman–Crippen LogP) is 4.22. The van der Waals surface area contributed by atoms with Crippen molar-refractivity contribution in [2.75, 3.05) is 34.5 Å². The van der Waals surface area contributed by atoms with Crippen molar-refractivity contribution >= 4 is 72.3 Å². The van der Waals surface area contributed by atoms with Crippen LogP contribution in [0.4, 0.5) is 0 Å². The van der Waals surface area contributed by atoms with E-state index in [2.05, 4.69) is 79.2 Å². The third-order valence-corrected chi connectivity index (χ3v) is 10.9. The Labute approximate surface area is 128 Å². The van der Waals surface area contributed by atoms with Crippen LogP contribution in [0.1, 0.15) is 13.3 Å². The maximum Gasteiger partial charge on any atom is 0.0817 e. The van der Waals surface area contributed by atoms with Crippen LogP contribution in [0, 0.1) is 0 Å². The van der Waals surface area contributed by atoms with Gasteiger partial charge in [-0.1, -0.05) is 6.92 Å². The van der Waals surface area contributed by atoms with Gasteiger partial charge in [0.05, 0.1) is 8.66 Å². The lowest BCUT2D eigenvalue weighted by Crippen LogP contribution is -2.29. The Morgan fingerprint density at radius 1 is 1.12 bits per heavy atom. The first kappa shape index (κ1) is 16.2. The Morgan fingerprint density at radius 2 is 1.62 bits per heavy atom. The van der Waals surface area contributed by atoms with Crippen LogP contribution < -0.4 is 0 Å². The normalized spacial score (nSPS) is 19.5. The molecule has 0 bridgehead atoms. The molecule has 6 heteroatoms. The van der Waals surface area contributed by atoms with Crippen LogP contribution in [0.3, 0.4) is 0 Å². The van der Waals surface area contributed by atoms with E-state index in [-0.39, 0.29) is 0 Å². The van der Waals surface area contributed by atoms with Crippen molar-refractivity contribution in [2.45, 2.75) is 22.0 Å². The van der Waals surface area contributed by atoms with E-state index in [0.29, 0.717) is 8.66 Å². The fourth-order valence-corrected chi connectivity index (χ4v) is 9.18. The lowest BCUT2D eigenvalue weighted by atomic mass is 10.3. The van der Waals surface area contributed by atoms with Gasteiger partial charge in [0.2, 0.25) is 0 Å². The number of hydrogen-bond acceptors (Lipinski definition) is 6. The summed E-state index contributed by atoms with van der Waals surface area (Å²) < 4.78 is 1.15. The van der Waals surface area contributed by atoms with E-state index >= 15 is 0 Å². The molecule has 0 unspecified atom stereocenters. The third kappa shape index (κ3) is 4.65. The topological polar surface area (TPSA) is 0 Å². The van der Waals surface area contributed by atoms with Crippen LogP contribution in [-0.2, 0) is 0 Å². The van der Waals surface area contributed by atoms with Crippen molar-refractivity contribution in [3.63, 3.8) is 0 Å². The van der Waals surface area contributed by atoms with Crippen LogP contribution in [-0.4, -0.2) is 43.2 Å². The maximum atomic E-state index is 4.33. The zero-order valence-electron chi connectivity index (χ0n) is 9.55. The molecule has 1 saturated heterocycles. The van der Waals surface area contributed by atoms with Gasteiger partial charge in [-0.05, 0) is 17.9 Å². The molecule has 0 nitrogen and oxygen atoms in total. The van der Waals surface area contributed by atoms with Crippen molar-refractivity contribution in [1.29, 1.82) is 0 Å². The first-order valence-corrected chi connectivity index (χ1v) is 10.8. The average Bonchev–Trinajstić information content (AvgIpc) is 2.79. The van der Waals surface area contributed by atoms with Gasteiger partial charge in [0.25, 0.3) is 0 Å². The Kier molecular flexibility index (Phi) is 9.16. The average molecular weight is 333 g/mol. The Hall–Kier alpha value is 2.10. The smallest absolute Gasteiger partial charge is 0.0817 e. The molecule has 0 N–H and O–H groups in total. The largest absolute Gasteiger partial charge is 0.179 e. The van der Waals surface area contributed by atoms with Crippen molar-refractivity contribution in [3.8, 4) is 0 Å². The maximum absolute atomic E-state index is 4.33. The summed E-state index contributed by atoms with van der Waals surface area (Å²) in [5.41, 5.74) is 0. The third-order valence-electron chi connectivity index (χ3n) is 2.35. The van der Waals surface area contributed by atoms with Gasteiger partial charge in [0.15, 0.2) is 0 Å². The highest BCUT2D eigenvalue weighted by atomic mass is 32.2. The van der Waals surface area contributed by atoms with Crippen LogP contribution in [0.5, 0.6) is 0 Å². The highest BCUT2D eigenvalue weighted by Crippen LogP contribution is 2.55. The zero-order valence-corrected chi connectivity index (χ0v) is 14.6. The van der Waals surface area contributed by atoms with E-state index < -0.39 is 0 Å². The molecule has 0 radical (unpaired) electrons. The Balaban J connectivity index is 2.56. The molecule has 0 atom stereocenters. The Morgan fingerprint density at radius 3 is 2.00 bits per heavy atom. The molecule has 1 aliphatic heterocycles. The standard InChI is InChI=1S/C10H20S6/c1-2-10(15-7-8-16-10)9(13-5-3-11)14-6-4-12/h9,11-12H,2-8H2,1H3. The lowest BCUT2D eigenvalue weighted by molar-refractivity contribution is 0.839. The number of thiol groups is 2. The molecule has 96 valence electrons. The summed E-state index contributed by atoms with van der Waals surface area (Å²) in [6.07, 6.45) is 1.27. The predicted molar refractivity (Wildman–Crippen MR) is 94.3 cm³/mol. The first-order chi connectivity index (χ1) is 7.79.